The first-order valence-electron chi connectivity index (χ1n) is 5.86. The van der Waals surface area contributed by atoms with Crippen LogP contribution in [0.1, 0.15) is 26.7 Å². The quantitative estimate of drug-likeness (QED) is 0.737. The van der Waals surface area contributed by atoms with E-state index in [9.17, 15) is 4.39 Å². The van der Waals surface area contributed by atoms with Crippen molar-refractivity contribution in [1.82, 2.24) is 0 Å². The van der Waals surface area contributed by atoms with Gasteiger partial charge in [0.15, 0.2) is 0 Å². The van der Waals surface area contributed by atoms with E-state index in [0.717, 1.165) is 18.9 Å². The monoisotopic (exact) mass is 240 g/mol. The molecule has 0 bridgehead atoms. The lowest BCUT2D eigenvalue weighted by Crippen LogP contribution is -2.30. The highest BCUT2D eigenvalue weighted by molar-refractivity contribution is 6.58. The Morgan fingerprint density at radius 2 is 1.88 bits per heavy atom. The van der Waals surface area contributed by atoms with Crippen molar-refractivity contribution in [2.45, 2.75) is 26.7 Å². The molecule has 0 saturated heterocycles. The van der Waals surface area contributed by atoms with Gasteiger partial charge in [-0.05, 0) is 23.5 Å². The summed E-state index contributed by atoms with van der Waals surface area (Å²) in [4.78, 5) is 0. The van der Waals surface area contributed by atoms with Crippen LogP contribution in [0.15, 0.2) is 18.2 Å². The van der Waals surface area contributed by atoms with E-state index in [4.69, 9.17) is 14.8 Å². The molecule has 0 aliphatic heterocycles. The summed E-state index contributed by atoms with van der Waals surface area (Å²) in [6.45, 7) is 4.66. The fourth-order valence-corrected chi connectivity index (χ4v) is 1.56. The summed E-state index contributed by atoms with van der Waals surface area (Å²) in [6, 6.07) is 3.76. The van der Waals surface area contributed by atoms with Gasteiger partial charge in [-0.3, -0.25) is 0 Å². The Morgan fingerprint density at radius 3 is 2.41 bits per heavy atom. The van der Waals surface area contributed by atoms with E-state index in [1.807, 2.05) is 0 Å². The van der Waals surface area contributed by atoms with E-state index in [0.29, 0.717) is 18.3 Å². The van der Waals surface area contributed by atoms with Gasteiger partial charge in [-0.15, -0.1) is 0 Å². The minimum Gasteiger partial charge on any atom is -0.493 e. The predicted molar refractivity (Wildman–Crippen MR) is 65.8 cm³/mol. The standard InChI is InChI=1S/C12H18BFO3/c1-3-9(4-2)8-17-12-6-10(13(15)16)5-11(14)7-12/h5-7,9,15-16H,3-4,8H2,1-2H3. The van der Waals surface area contributed by atoms with Crippen LogP contribution < -0.4 is 10.2 Å². The molecule has 0 radical (unpaired) electrons. The zero-order valence-corrected chi connectivity index (χ0v) is 10.2. The van der Waals surface area contributed by atoms with Crippen LogP contribution in [0.4, 0.5) is 4.39 Å². The molecule has 1 aromatic carbocycles. The molecule has 0 saturated carbocycles. The number of hydrogen-bond donors (Lipinski definition) is 2. The zero-order valence-electron chi connectivity index (χ0n) is 10.2. The summed E-state index contributed by atoms with van der Waals surface area (Å²) < 4.78 is 18.6. The number of benzene rings is 1. The molecule has 94 valence electrons. The van der Waals surface area contributed by atoms with Crippen LogP contribution in [0, 0.1) is 11.7 Å². The second kappa shape index (κ2) is 6.62. The van der Waals surface area contributed by atoms with E-state index in [-0.39, 0.29) is 5.46 Å². The molecule has 3 nitrogen and oxygen atoms in total. The van der Waals surface area contributed by atoms with Crippen molar-refractivity contribution in [2.24, 2.45) is 5.92 Å². The van der Waals surface area contributed by atoms with Crippen LogP contribution in [0.3, 0.4) is 0 Å². The minimum atomic E-state index is -1.68. The molecular formula is C12H18BFO3. The normalized spacial score (nSPS) is 10.7. The van der Waals surface area contributed by atoms with E-state index in [1.165, 1.54) is 12.1 Å². The maximum absolute atomic E-state index is 13.2. The van der Waals surface area contributed by atoms with Gasteiger partial charge in [-0.1, -0.05) is 26.7 Å². The first-order valence-corrected chi connectivity index (χ1v) is 5.86. The Bertz CT molecular complexity index is 354. The van der Waals surface area contributed by atoms with Gasteiger partial charge in [0, 0.05) is 6.07 Å². The fourth-order valence-electron chi connectivity index (χ4n) is 1.56. The molecule has 17 heavy (non-hydrogen) atoms. The second-order valence-electron chi connectivity index (χ2n) is 4.09. The average molecular weight is 240 g/mol. The van der Waals surface area contributed by atoms with Gasteiger partial charge in [0.2, 0.25) is 0 Å². The van der Waals surface area contributed by atoms with E-state index in [1.54, 1.807) is 0 Å². The van der Waals surface area contributed by atoms with Crippen LogP contribution in [0.5, 0.6) is 5.75 Å². The molecule has 0 aliphatic rings. The summed E-state index contributed by atoms with van der Waals surface area (Å²) in [5.41, 5.74) is 0.101. The lowest BCUT2D eigenvalue weighted by Gasteiger charge is -2.14. The lowest BCUT2D eigenvalue weighted by atomic mass is 9.80. The molecule has 0 aliphatic carbocycles. The van der Waals surface area contributed by atoms with Gasteiger partial charge in [0.25, 0.3) is 0 Å². The van der Waals surface area contributed by atoms with Crippen molar-refractivity contribution in [1.29, 1.82) is 0 Å². The molecule has 0 unspecified atom stereocenters. The number of halogens is 1. The van der Waals surface area contributed by atoms with Crippen molar-refractivity contribution in [3.8, 4) is 5.75 Å². The van der Waals surface area contributed by atoms with Crippen molar-refractivity contribution in [2.75, 3.05) is 6.61 Å². The first kappa shape index (κ1) is 14.0. The molecule has 0 spiro atoms. The Labute approximate surface area is 101 Å². The summed E-state index contributed by atoms with van der Waals surface area (Å²) >= 11 is 0. The minimum absolute atomic E-state index is 0.101. The summed E-state index contributed by atoms with van der Waals surface area (Å²) in [7, 11) is -1.68. The number of ether oxygens (including phenoxy) is 1. The van der Waals surface area contributed by atoms with Gasteiger partial charge in [0.05, 0.1) is 6.61 Å². The SMILES string of the molecule is CCC(CC)COc1cc(F)cc(B(O)O)c1. The molecule has 0 amide bonds. The van der Waals surface area contributed by atoms with Crippen LogP contribution in [-0.4, -0.2) is 23.8 Å². The molecule has 0 atom stereocenters. The largest absolute Gasteiger partial charge is 0.493 e. The first-order chi connectivity index (χ1) is 8.06. The summed E-state index contributed by atoms with van der Waals surface area (Å²) in [5.74, 6) is 0.232. The third kappa shape index (κ3) is 4.36. The molecule has 1 aromatic rings. The highest BCUT2D eigenvalue weighted by Crippen LogP contribution is 2.14. The molecule has 0 aromatic heterocycles. The fraction of sp³-hybridized carbons (Fsp3) is 0.500. The Kier molecular flexibility index (Phi) is 5.45. The lowest BCUT2D eigenvalue weighted by molar-refractivity contribution is 0.240. The topological polar surface area (TPSA) is 49.7 Å². The summed E-state index contributed by atoms with van der Waals surface area (Å²) in [5, 5.41) is 18.0. The van der Waals surface area contributed by atoms with Crippen LogP contribution in [-0.2, 0) is 0 Å². The van der Waals surface area contributed by atoms with Crippen LogP contribution in [0.25, 0.3) is 0 Å². The van der Waals surface area contributed by atoms with Crippen molar-refractivity contribution in [3.05, 3.63) is 24.0 Å². The predicted octanol–water partition coefficient (Wildman–Crippen LogP) is 1.32. The zero-order chi connectivity index (χ0) is 12.8. The third-order valence-corrected chi connectivity index (χ3v) is 2.83. The second-order valence-corrected chi connectivity index (χ2v) is 4.09. The van der Waals surface area contributed by atoms with Crippen molar-refractivity contribution >= 4 is 12.6 Å². The van der Waals surface area contributed by atoms with Crippen LogP contribution in [0.2, 0.25) is 0 Å². The van der Waals surface area contributed by atoms with E-state index >= 15 is 0 Å². The van der Waals surface area contributed by atoms with Crippen molar-refractivity contribution in [3.63, 3.8) is 0 Å². The highest BCUT2D eigenvalue weighted by atomic mass is 19.1. The number of hydrogen-bond acceptors (Lipinski definition) is 3. The van der Waals surface area contributed by atoms with E-state index in [2.05, 4.69) is 13.8 Å². The Morgan fingerprint density at radius 1 is 1.24 bits per heavy atom. The Hall–Kier alpha value is -1.07. The van der Waals surface area contributed by atoms with E-state index < -0.39 is 12.9 Å². The number of rotatable bonds is 6. The highest BCUT2D eigenvalue weighted by Gasteiger charge is 2.14. The maximum Gasteiger partial charge on any atom is 0.488 e. The Balaban J connectivity index is 2.70. The van der Waals surface area contributed by atoms with Crippen LogP contribution >= 0.6 is 0 Å². The smallest absolute Gasteiger partial charge is 0.488 e. The maximum atomic E-state index is 13.2. The van der Waals surface area contributed by atoms with Gasteiger partial charge >= 0.3 is 7.12 Å². The molecule has 5 heteroatoms. The molecule has 0 heterocycles. The average Bonchev–Trinajstić information content (AvgIpc) is 2.29. The molecule has 0 fully saturated rings. The van der Waals surface area contributed by atoms with Gasteiger partial charge in [-0.2, -0.15) is 0 Å². The molecule has 1 rings (SSSR count). The van der Waals surface area contributed by atoms with Gasteiger partial charge < -0.3 is 14.8 Å². The van der Waals surface area contributed by atoms with Gasteiger partial charge in [0.1, 0.15) is 11.6 Å². The van der Waals surface area contributed by atoms with Crippen molar-refractivity contribution < 1.29 is 19.2 Å². The third-order valence-electron chi connectivity index (χ3n) is 2.83. The van der Waals surface area contributed by atoms with Gasteiger partial charge in [-0.25, -0.2) is 4.39 Å². The molecule has 2 N–H and O–H groups in total. The summed E-state index contributed by atoms with van der Waals surface area (Å²) in [6.07, 6.45) is 2.00. The molecular weight excluding hydrogens is 222 g/mol.